The van der Waals surface area contributed by atoms with Gasteiger partial charge in [0.25, 0.3) is 0 Å². The number of esters is 1. The third kappa shape index (κ3) is 3.26. The van der Waals surface area contributed by atoms with E-state index in [0.29, 0.717) is 16.9 Å². The largest absolute Gasteiger partial charge is 0.457 e. The topological polar surface area (TPSA) is 78.3 Å². The Labute approximate surface area is 116 Å². The summed E-state index contributed by atoms with van der Waals surface area (Å²) in [5.74, 6) is -0.839. The number of ether oxygens (including phenoxy) is 1. The second-order valence-electron chi connectivity index (χ2n) is 4.54. The van der Waals surface area contributed by atoms with E-state index in [0.717, 1.165) is 11.1 Å². The van der Waals surface area contributed by atoms with E-state index in [1.165, 1.54) is 24.3 Å². The van der Waals surface area contributed by atoms with Crippen LogP contribution in [0.4, 0.5) is 15.8 Å². The Kier molecular flexibility index (Phi) is 3.89. The quantitative estimate of drug-likeness (QED) is 0.666. The van der Waals surface area contributed by atoms with E-state index in [1.54, 1.807) is 19.1 Å². The minimum atomic E-state index is -0.521. The maximum atomic E-state index is 13.0. The lowest BCUT2D eigenvalue weighted by molar-refractivity contribution is 0.0472. The molecule has 0 heterocycles. The molecule has 5 heteroatoms. The zero-order valence-electron chi connectivity index (χ0n) is 11.0. The highest BCUT2D eigenvalue weighted by molar-refractivity contribution is 5.91. The van der Waals surface area contributed by atoms with Crippen molar-refractivity contribution in [3.8, 4) is 0 Å². The average molecular weight is 274 g/mol. The number of aryl methyl sites for hydroxylation is 1. The fourth-order valence-electron chi connectivity index (χ4n) is 1.84. The Bertz CT molecular complexity index is 636. The van der Waals surface area contributed by atoms with Crippen LogP contribution in [-0.4, -0.2) is 5.97 Å². The molecule has 0 amide bonds. The molecule has 0 fully saturated rings. The van der Waals surface area contributed by atoms with Gasteiger partial charge in [0.2, 0.25) is 0 Å². The number of hydrogen-bond acceptors (Lipinski definition) is 4. The maximum absolute atomic E-state index is 13.0. The molecule has 2 rings (SSSR count). The number of hydrogen-bond donors (Lipinski definition) is 2. The van der Waals surface area contributed by atoms with Gasteiger partial charge in [-0.05, 0) is 48.4 Å². The van der Waals surface area contributed by atoms with Crippen LogP contribution in [-0.2, 0) is 11.3 Å². The van der Waals surface area contributed by atoms with Gasteiger partial charge in [-0.3, -0.25) is 0 Å². The van der Waals surface area contributed by atoms with Crippen molar-refractivity contribution in [2.24, 2.45) is 0 Å². The van der Waals surface area contributed by atoms with Crippen molar-refractivity contribution >= 4 is 17.3 Å². The lowest BCUT2D eigenvalue weighted by Gasteiger charge is -2.08. The molecule has 0 saturated carbocycles. The molecule has 0 unspecified atom stereocenters. The fraction of sp³-hybridized carbons (Fsp3) is 0.133. The van der Waals surface area contributed by atoms with Gasteiger partial charge in [-0.15, -0.1) is 0 Å². The first-order valence-electron chi connectivity index (χ1n) is 6.04. The molecule has 0 aliphatic carbocycles. The zero-order valence-corrected chi connectivity index (χ0v) is 11.0. The van der Waals surface area contributed by atoms with Gasteiger partial charge in [0.05, 0.1) is 5.56 Å². The summed E-state index contributed by atoms with van der Waals surface area (Å²) in [6.07, 6.45) is 0. The van der Waals surface area contributed by atoms with Gasteiger partial charge >= 0.3 is 5.97 Å². The molecule has 0 saturated heterocycles. The van der Waals surface area contributed by atoms with Crippen LogP contribution in [0.5, 0.6) is 0 Å². The van der Waals surface area contributed by atoms with E-state index in [-0.39, 0.29) is 12.4 Å². The molecule has 4 nitrogen and oxygen atoms in total. The van der Waals surface area contributed by atoms with Gasteiger partial charge in [0.1, 0.15) is 12.4 Å². The Morgan fingerprint density at radius 3 is 2.40 bits per heavy atom. The van der Waals surface area contributed by atoms with Crippen LogP contribution in [0.2, 0.25) is 0 Å². The number of nitrogen functional groups attached to an aromatic ring is 2. The van der Waals surface area contributed by atoms with Crippen LogP contribution < -0.4 is 11.5 Å². The lowest BCUT2D eigenvalue weighted by atomic mass is 10.1. The van der Waals surface area contributed by atoms with Crippen LogP contribution in [0, 0.1) is 12.7 Å². The molecule has 20 heavy (non-hydrogen) atoms. The molecule has 0 bridgehead atoms. The molecule has 0 aliphatic heterocycles. The standard InChI is InChI=1S/C15H15FN2O2/c1-9-4-12(16)3-2-10(9)8-20-15(19)11-5-13(17)7-14(18)6-11/h2-7H,8,17-18H2,1H3. The number of rotatable bonds is 3. The molecule has 0 aliphatic rings. The second kappa shape index (κ2) is 5.61. The molecule has 2 aromatic rings. The van der Waals surface area contributed by atoms with E-state index in [9.17, 15) is 9.18 Å². The minimum absolute atomic E-state index is 0.0691. The molecule has 0 atom stereocenters. The molecular weight excluding hydrogens is 259 g/mol. The van der Waals surface area contributed by atoms with Crippen molar-refractivity contribution in [3.05, 3.63) is 58.9 Å². The van der Waals surface area contributed by atoms with Gasteiger partial charge in [0, 0.05) is 11.4 Å². The summed E-state index contributed by atoms with van der Waals surface area (Å²) in [6.45, 7) is 1.82. The maximum Gasteiger partial charge on any atom is 0.338 e. The van der Waals surface area contributed by atoms with E-state index in [2.05, 4.69) is 0 Å². The van der Waals surface area contributed by atoms with Crippen molar-refractivity contribution in [2.45, 2.75) is 13.5 Å². The van der Waals surface area contributed by atoms with Crippen molar-refractivity contribution in [3.63, 3.8) is 0 Å². The molecule has 0 radical (unpaired) electrons. The minimum Gasteiger partial charge on any atom is -0.457 e. The number of carbonyl (C=O) groups excluding carboxylic acids is 1. The lowest BCUT2D eigenvalue weighted by Crippen LogP contribution is -2.07. The number of benzene rings is 2. The highest BCUT2D eigenvalue weighted by atomic mass is 19.1. The average Bonchev–Trinajstić information content (AvgIpc) is 2.36. The first-order chi connectivity index (χ1) is 9.45. The molecule has 2 aromatic carbocycles. The summed E-state index contributed by atoms with van der Waals surface area (Å²) >= 11 is 0. The summed E-state index contributed by atoms with van der Waals surface area (Å²) in [5.41, 5.74) is 13.8. The van der Waals surface area contributed by atoms with E-state index in [1.807, 2.05) is 0 Å². The third-order valence-electron chi connectivity index (χ3n) is 2.88. The fourth-order valence-corrected chi connectivity index (χ4v) is 1.84. The highest BCUT2D eigenvalue weighted by Crippen LogP contribution is 2.16. The Hall–Kier alpha value is -2.56. The van der Waals surface area contributed by atoms with Crippen molar-refractivity contribution < 1.29 is 13.9 Å². The van der Waals surface area contributed by atoms with E-state index in [4.69, 9.17) is 16.2 Å². The predicted molar refractivity (Wildman–Crippen MR) is 75.5 cm³/mol. The van der Waals surface area contributed by atoms with Gasteiger partial charge in [-0.25, -0.2) is 9.18 Å². The summed E-state index contributed by atoms with van der Waals surface area (Å²) in [5, 5.41) is 0. The van der Waals surface area contributed by atoms with Crippen LogP contribution in [0.25, 0.3) is 0 Å². The Balaban J connectivity index is 2.08. The van der Waals surface area contributed by atoms with Crippen molar-refractivity contribution in [2.75, 3.05) is 11.5 Å². The third-order valence-corrected chi connectivity index (χ3v) is 2.88. The van der Waals surface area contributed by atoms with E-state index >= 15 is 0 Å². The number of halogens is 1. The van der Waals surface area contributed by atoms with Crippen LogP contribution in [0.1, 0.15) is 21.5 Å². The Morgan fingerprint density at radius 1 is 1.15 bits per heavy atom. The summed E-state index contributed by atoms with van der Waals surface area (Å²) in [7, 11) is 0. The van der Waals surface area contributed by atoms with Crippen molar-refractivity contribution in [1.29, 1.82) is 0 Å². The van der Waals surface area contributed by atoms with Crippen LogP contribution in [0.3, 0.4) is 0 Å². The van der Waals surface area contributed by atoms with Crippen molar-refractivity contribution in [1.82, 2.24) is 0 Å². The van der Waals surface area contributed by atoms with Gasteiger partial charge in [-0.2, -0.15) is 0 Å². The number of carbonyl (C=O) groups is 1. The smallest absolute Gasteiger partial charge is 0.338 e. The second-order valence-corrected chi connectivity index (χ2v) is 4.54. The van der Waals surface area contributed by atoms with Crippen LogP contribution >= 0.6 is 0 Å². The monoisotopic (exact) mass is 274 g/mol. The number of anilines is 2. The van der Waals surface area contributed by atoms with E-state index < -0.39 is 5.97 Å². The molecule has 0 spiro atoms. The highest BCUT2D eigenvalue weighted by Gasteiger charge is 2.10. The van der Waals surface area contributed by atoms with Gasteiger partial charge < -0.3 is 16.2 Å². The predicted octanol–water partition coefficient (Wildman–Crippen LogP) is 2.66. The molecule has 0 aromatic heterocycles. The summed E-state index contributed by atoms with van der Waals surface area (Å²) < 4.78 is 18.1. The first kappa shape index (κ1) is 13.9. The van der Waals surface area contributed by atoms with Gasteiger partial charge in [-0.1, -0.05) is 6.07 Å². The SMILES string of the molecule is Cc1cc(F)ccc1COC(=O)c1cc(N)cc(N)c1. The normalized spacial score (nSPS) is 10.3. The molecule has 4 N–H and O–H groups in total. The first-order valence-corrected chi connectivity index (χ1v) is 6.04. The molecular formula is C15H15FN2O2. The van der Waals surface area contributed by atoms with Crippen LogP contribution in [0.15, 0.2) is 36.4 Å². The number of nitrogens with two attached hydrogens (primary N) is 2. The molecule has 104 valence electrons. The zero-order chi connectivity index (χ0) is 14.7. The van der Waals surface area contributed by atoms with Gasteiger partial charge in [0.15, 0.2) is 0 Å². The summed E-state index contributed by atoms with van der Waals surface area (Å²) in [4.78, 5) is 11.9. The Morgan fingerprint density at radius 2 is 1.80 bits per heavy atom. The summed E-state index contributed by atoms with van der Waals surface area (Å²) in [6, 6.07) is 8.86.